The molecule has 0 radical (unpaired) electrons. The van der Waals surface area contributed by atoms with Gasteiger partial charge in [0.2, 0.25) is 0 Å². The molecule has 0 aromatic rings. The molecule has 1 aliphatic heterocycles. The van der Waals surface area contributed by atoms with Gasteiger partial charge in [0, 0.05) is 12.1 Å². The summed E-state index contributed by atoms with van der Waals surface area (Å²) in [5.74, 6) is 1.01. The second kappa shape index (κ2) is 7.26. The van der Waals surface area contributed by atoms with E-state index < -0.39 is 0 Å². The van der Waals surface area contributed by atoms with E-state index in [1.165, 1.54) is 58.0 Å². The molecule has 2 aliphatic rings. The molecule has 2 heteroatoms. The fourth-order valence-electron chi connectivity index (χ4n) is 4.62. The fourth-order valence-corrected chi connectivity index (χ4v) is 4.62. The lowest BCUT2D eigenvalue weighted by Gasteiger charge is -2.50. The van der Waals surface area contributed by atoms with E-state index in [1.54, 1.807) is 0 Å². The van der Waals surface area contributed by atoms with Crippen molar-refractivity contribution in [1.82, 2.24) is 10.2 Å². The summed E-state index contributed by atoms with van der Waals surface area (Å²) in [5.41, 5.74) is 0.458. The summed E-state index contributed by atoms with van der Waals surface area (Å²) in [5, 5.41) is 3.82. The average Bonchev–Trinajstić information content (AvgIpc) is 2.42. The molecular weight excluding hydrogens is 244 g/mol. The maximum absolute atomic E-state index is 3.82. The van der Waals surface area contributed by atoms with Crippen molar-refractivity contribution in [3.63, 3.8) is 0 Å². The lowest BCUT2D eigenvalue weighted by molar-refractivity contribution is 0.0283. The molecule has 2 fully saturated rings. The Labute approximate surface area is 126 Å². The SMILES string of the molecule is CCCC1CCN(C2CCCC(C)(C)C2NCC)CC1. The number of rotatable bonds is 5. The molecule has 0 bridgehead atoms. The van der Waals surface area contributed by atoms with E-state index in [4.69, 9.17) is 0 Å². The second-order valence-electron chi connectivity index (χ2n) is 7.75. The summed E-state index contributed by atoms with van der Waals surface area (Å²) in [6.45, 7) is 13.3. The van der Waals surface area contributed by atoms with Crippen molar-refractivity contribution in [2.75, 3.05) is 19.6 Å². The topological polar surface area (TPSA) is 15.3 Å². The van der Waals surface area contributed by atoms with Crippen molar-refractivity contribution in [1.29, 1.82) is 0 Å². The first-order valence-electron chi connectivity index (χ1n) is 9.06. The van der Waals surface area contributed by atoms with Crippen LogP contribution < -0.4 is 5.32 Å². The molecule has 2 rings (SSSR count). The van der Waals surface area contributed by atoms with Crippen LogP contribution in [0.25, 0.3) is 0 Å². The van der Waals surface area contributed by atoms with Gasteiger partial charge in [-0.1, -0.05) is 47.0 Å². The second-order valence-corrected chi connectivity index (χ2v) is 7.75. The highest BCUT2D eigenvalue weighted by atomic mass is 15.2. The predicted octanol–water partition coefficient (Wildman–Crippen LogP) is 4.06. The summed E-state index contributed by atoms with van der Waals surface area (Å²) in [6, 6.07) is 1.46. The van der Waals surface area contributed by atoms with E-state index in [0.29, 0.717) is 11.5 Å². The Bertz CT molecular complexity index is 279. The molecule has 0 aromatic heterocycles. The fraction of sp³-hybridized carbons (Fsp3) is 1.00. The van der Waals surface area contributed by atoms with E-state index in [2.05, 4.69) is 37.9 Å². The number of likely N-dealkylation sites (tertiary alicyclic amines) is 1. The highest BCUT2D eigenvalue weighted by molar-refractivity contribution is 4.98. The van der Waals surface area contributed by atoms with Crippen molar-refractivity contribution in [3.05, 3.63) is 0 Å². The standard InChI is InChI=1S/C18H36N2/c1-5-8-15-10-13-20(14-11-15)16-9-7-12-18(3,4)17(16)19-6-2/h15-17,19H,5-14H2,1-4H3. The normalized spacial score (nSPS) is 32.4. The molecule has 0 aromatic carbocycles. The van der Waals surface area contributed by atoms with Crippen LogP contribution in [0.5, 0.6) is 0 Å². The monoisotopic (exact) mass is 280 g/mol. The quantitative estimate of drug-likeness (QED) is 0.817. The number of likely N-dealkylation sites (N-methyl/N-ethyl adjacent to an activating group) is 1. The summed E-state index contributed by atoms with van der Waals surface area (Å²) < 4.78 is 0. The first-order valence-corrected chi connectivity index (χ1v) is 9.06. The minimum atomic E-state index is 0.458. The first kappa shape index (κ1) is 16.3. The van der Waals surface area contributed by atoms with Crippen molar-refractivity contribution in [3.8, 4) is 0 Å². The van der Waals surface area contributed by atoms with Gasteiger partial charge < -0.3 is 5.32 Å². The van der Waals surface area contributed by atoms with Crippen LogP contribution in [0.4, 0.5) is 0 Å². The Morgan fingerprint density at radius 2 is 1.80 bits per heavy atom. The smallest absolute Gasteiger partial charge is 0.0274 e. The Hall–Kier alpha value is -0.0800. The Morgan fingerprint density at radius 3 is 2.40 bits per heavy atom. The van der Waals surface area contributed by atoms with Crippen LogP contribution in [-0.4, -0.2) is 36.6 Å². The number of hydrogen-bond donors (Lipinski definition) is 1. The number of nitrogens with zero attached hydrogens (tertiary/aromatic N) is 1. The van der Waals surface area contributed by atoms with Crippen molar-refractivity contribution < 1.29 is 0 Å². The van der Waals surface area contributed by atoms with Gasteiger partial charge in [-0.3, -0.25) is 4.90 Å². The van der Waals surface area contributed by atoms with Gasteiger partial charge in [0.15, 0.2) is 0 Å². The van der Waals surface area contributed by atoms with Gasteiger partial charge in [-0.25, -0.2) is 0 Å². The Balaban J connectivity index is 1.96. The van der Waals surface area contributed by atoms with Crippen molar-refractivity contribution in [2.45, 2.75) is 84.7 Å². The highest BCUT2D eigenvalue weighted by Gasteiger charge is 2.41. The van der Waals surface area contributed by atoms with E-state index >= 15 is 0 Å². The summed E-state index contributed by atoms with van der Waals surface area (Å²) in [6.07, 6.45) is 9.87. The van der Waals surface area contributed by atoms with Crippen molar-refractivity contribution >= 4 is 0 Å². The molecule has 2 atom stereocenters. The molecule has 20 heavy (non-hydrogen) atoms. The van der Waals surface area contributed by atoms with Crippen LogP contribution in [0, 0.1) is 11.3 Å². The van der Waals surface area contributed by atoms with Crippen molar-refractivity contribution in [2.24, 2.45) is 11.3 Å². The molecule has 2 unspecified atom stereocenters. The zero-order valence-corrected chi connectivity index (χ0v) is 14.3. The first-order chi connectivity index (χ1) is 9.58. The van der Waals surface area contributed by atoms with Gasteiger partial charge in [0.1, 0.15) is 0 Å². The lowest BCUT2D eigenvalue weighted by atomic mass is 9.70. The Kier molecular flexibility index (Phi) is 5.92. The van der Waals surface area contributed by atoms with E-state index in [0.717, 1.165) is 18.5 Å². The zero-order valence-electron chi connectivity index (χ0n) is 14.3. The van der Waals surface area contributed by atoms with E-state index in [1.807, 2.05) is 0 Å². The van der Waals surface area contributed by atoms with Gasteiger partial charge in [-0.05, 0) is 56.7 Å². The Morgan fingerprint density at radius 1 is 1.10 bits per heavy atom. The maximum Gasteiger partial charge on any atom is 0.0274 e. The van der Waals surface area contributed by atoms with Crippen LogP contribution in [0.15, 0.2) is 0 Å². The van der Waals surface area contributed by atoms with Crippen LogP contribution >= 0.6 is 0 Å². The van der Waals surface area contributed by atoms with Gasteiger partial charge in [-0.15, -0.1) is 0 Å². The largest absolute Gasteiger partial charge is 0.312 e. The minimum absolute atomic E-state index is 0.458. The van der Waals surface area contributed by atoms with E-state index in [9.17, 15) is 0 Å². The van der Waals surface area contributed by atoms with Crippen LogP contribution in [0.1, 0.15) is 72.6 Å². The van der Waals surface area contributed by atoms with Gasteiger partial charge >= 0.3 is 0 Å². The molecule has 118 valence electrons. The lowest BCUT2D eigenvalue weighted by Crippen LogP contribution is -2.60. The zero-order chi connectivity index (χ0) is 14.6. The number of hydrogen-bond acceptors (Lipinski definition) is 2. The van der Waals surface area contributed by atoms with Gasteiger partial charge in [-0.2, -0.15) is 0 Å². The third kappa shape index (κ3) is 3.76. The summed E-state index contributed by atoms with van der Waals surface area (Å²) in [7, 11) is 0. The molecule has 0 spiro atoms. The highest BCUT2D eigenvalue weighted by Crippen LogP contribution is 2.39. The third-order valence-electron chi connectivity index (χ3n) is 5.79. The van der Waals surface area contributed by atoms with Crippen LogP contribution in [-0.2, 0) is 0 Å². The summed E-state index contributed by atoms with van der Waals surface area (Å²) in [4.78, 5) is 2.82. The summed E-state index contributed by atoms with van der Waals surface area (Å²) >= 11 is 0. The molecule has 1 N–H and O–H groups in total. The maximum atomic E-state index is 3.82. The molecule has 2 nitrogen and oxygen atoms in total. The van der Waals surface area contributed by atoms with Crippen LogP contribution in [0.3, 0.4) is 0 Å². The number of nitrogens with one attached hydrogen (secondary N) is 1. The average molecular weight is 281 g/mol. The molecule has 1 heterocycles. The van der Waals surface area contributed by atoms with E-state index in [-0.39, 0.29) is 0 Å². The van der Waals surface area contributed by atoms with Crippen LogP contribution in [0.2, 0.25) is 0 Å². The predicted molar refractivity (Wildman–Crippen MR) is 88.1 cm³/mol. The molecule has 0 amide bonds. The molecule has 1 saturated heterocycles. The number of piperidine rings is 1. The molecular formula is C18H36N2. The molecule has 1 saturated carbocycles. The van der Waals surface area contributed by atoms with Gasteiger partial charge in [0.25, 0.3) is 0 Å². The minimum Gasteiger partial charge on any atom is -0.312 e. The molecule has 1 aliphatic carbocycles. The van der Waals surface area contributed by atoms with Gasteiger partial charge in [0.05, 0.1) is 0 Å². The third-order valence-corrected chi connectivity index (χ3v) is 5.79.